The van der Waals surface area contributed by atoms with Gasteiger partial charge >= 0.3 is 0 Å². The van der Waals surface area contributed by atoms with Gasteiger partial charge in [-0.2, -0.15) is 0 Å². The van der Waals surface area contributed by atoms with E-state index in [0.29, 0.717) is 10.6 Å². The molecule has 10 heavy (non-hydrogen) atoms. The van der Waals surface area contributed by atoms with Crippen LogP contribution in [0.15, 0.2) is 5.38 Å². The van der Waals surface area contributed by atoms with Gasteiger partial charge in [0, 0.05) is 5.38 Å². The minimum Gasteiger partial charge on any atom is -0.269 e. The van der Waals surface area contributed by atoms with E-state index in [2.05, 4.69) is 22.6 Å². The fourth-order valence-electron chi connectivity index (χ4n) is 0.467. The molecule has 1 heterocycles. The maximum atomic E-state index is 10.4. The van der Waals surface area contributed by atoms with Crippen LogP contribution < -0.4 is 10.6 Å². The molecule has 0 fully saturated rings. The van der Waals surface area contributed by atoms with Crippen molar-refractivity contribution in [3.63, 3.8) is 0 Å². The Morgan fingerprint density at radius 1 is 1.40 bits per heavy atom. The monoisotopic (exact) mass is 302 g/mol. The van der Waals surface area contributed by atoms with Crippen molar-refractivity contribution in [2.75, 3.05) is 0 Å². The van der Waals surface area contributed by atoms with Gasteiger partial charge in [-0.25, -0.2) is 0 Å². The molecular weight excluding hydrogens is 301 g/mol. The fraction of sp³-hybridized carbons (Fsp3) is 0. The van der Waals surface area contributed by atoms with E-state index in [9.17, 15) is 9.13 Å². The van der Waals surface area contributed by atoms with Crippen molar-refractivity contribution in [1.82, 2.24) is 0 Å². The molecule has 52 valence electrons. The topological polar surface area (TPSA) is 34.1 Å². The van der Waals surface area contributed by atoms with Crippen molar-refractivity contribution in [2.24, 2.45) is 0 Å². The van der Waals surface area contributed by atoms with Crippen molar-refractivity contribution in [2.45, 2.75) is 0 Å². The Labute approximate surface area is 78.6 Å². The molecular formula is C4HIO2P2S. The third kappa shape index (κ3) is 1.62. The Kier molecular flexibility index (Phi) is 3.37. The predicted molar refractivity (Wildman–Crippen MR) is 51.5 cm³/mol. The van der Waals surface area contributed by atoms with Crippen LogP contribution in [0.5, 0.6) is 0 Å². The van der Waals surface area contributed by atoms with Crippen molar-refractivity contribution in [3.8, 4) is 0 Å². The molecule has 0 aliphatic rings. The molecule has 1 aromatic heterocycles. The van der Waals surface area contributed by atoms with Gasteiger partial charge in [-0.1, -0.05) is 0 Å². The molecule has 0 bridgehead atoms. The largest absolute Gasteiger partial charge is 0.269 e. The molecule has 6 heteroatoms. The van der Waals surface area contributed by atoms with Gasteiger partial charge in [0.05, 0.1) is 13.5 Å². The second-order valence-corrected chi connectivity index (χ2v) is 5.41. The van der Waals surface area contributed by atoms with E-state index in [1.165, 1.54) is 11.3 Å². The van der Waals surface area contributed by atoms with Crippen LogP contribution in [0.2, 0.25) is 0 Å². The highest BCUT2D eigenvalue weighted by Crippen LogP contribution is 2.15. The van der Waals surface area contributed by atoms with Crippen molar-refractivity contribution in [1.29, 1.82) is 0 Å². The minimum atomic E-state index is -0.0527. The Hall–Kier alpha value is 0.630. The van der Waals surface area contributed by atoms with Crippen LogP contribution in [0.1, 0.15) is 0 Å². The first-order valence-electron chi connectivity index (χ1n) is 2.23. The summed E-state index contributed by atoms with van der Waals surface area (Å²) in [7, 11) is -0.101. The van der Waals surface area contributed by atoms with Gasteiger partial charge in [-0.05, 0) is 22.6 Å². The number of rotatable bonds is 2. The highest BCUT2D eigenvalue weighted by Gasteiger charge is 2.08. The molecule has 0 atom stereocenters. The van der Waals surface area contributed by atoms with Gasteiger partial charge in [0.2, 0.25) is 0 Å². The summed E-state index contributed by atoms with van der Waals surface area (Å²) in [5.74, 6) is 0. The Bertz CT molecular complexity index is 272. The molecule has 0 amide bonds. The normalized spacial score (nSPS) is 10.9. The third-order valence-corrected chi connectivity index (χ3v) is 5.08. The number of hydrogen-bond acceptors (Lipinski definition) is 3. The van der Waals surface area contributed by atoms with Gasteiger partial charge in [0.1, 0.15) is 0 Å². The lowest BCUT2D eigenvalue weighted by molar-refractivity contribution is 0.601. The van der Waals surface area contributed by atoms with Crippen LogP contribution in [0, 0.1) is 2.88 Å². The van der Waals surface area contributed by atoms with E-state index in [1.807, 2.05) is 0 Å². The molecule has 0 spiro atoms. The lowest BCUT2D eigenvalue weighted by Gasteiger charge is -1.80. The van der Waals surface area contributed by atoms with E-state index in [-0.39, 0.29) is 16.9 Å². The van der Waals surface area contributed by atoms with Crippen molar-refractivity contribution in [3.05, 3.63) is 8.26 Å². The molecule has 0 unspecified atom stereocenters. The summed E-state index contributed by atoms with van der Waals surface area (Å²) in [4.78, 5) is 0. The Balaban J connectivity index is 3.25. The van der Waals surface area contributed by atoms with Gasteiger partial charge in [-0.3, -0.25) is 9.13 Å². The smallest absolute Gasteiger partial charge is 0.195 e. The molecule has 0 radical (unpaired) electrons. The first kappa shape index (κ1) is 8.72. The average Bonchev–Trinajstić information content (AvgIpc) is 2.30. The van der Waals surface area contributed by atoms with E-state index in [4.69, 9.17) is 0 Å². The van der Waals surface area contributed by atoms with Crippen molar-refractivity contribution >= 4 is 61.5 Å². The van der Waals surface area contributed by atoms with Crippen molar-refractivity contribution < 1.29 is 9.13 Å². The standard InChI is InChI=1S/C4HIO2P2S/c5-4-3(9-7)2(8-6)1-10-4/h1H. The lowest BCUT2D eigenvalue weighted by atomic mass is 10.7. The third-order valence-electron chi connectivity index (χ3n) is 0.892. The van der Waals surface area contributed by atoms with Gasteiger partial charge in [0.15, 0.2) is 16.9 Å². The molecule has 1 rings (SSSR count). The lowest BCUT2D eigenvalue weighted by Crippen LogP contribution is -2.08. The van der Waals surface area contributed by atoms with Crippen LogP contribution >= 0.6 is 50.8 Å². The summed E-state index contributed by atoms with van der Waals surface area (Å²) in [6.07, 6.45) is 0. The average molecular weight is 302 g/mol. The Morgan fingerprint density at radius 2 is 2.10 bits per heavy atom. The zero-order valence-corrected chi connectivity index (χ0v) is 9.34. The van der Waals surface area contributed by atoms with E-state index in [0.717, 1.165) is 2.88 Å². The molecule has 0 saturated heterocycles. The number of hydrogen-bond donors (Lipinski definition) is 0. The maximum absolute atomic E-state index is 10.4. The summed E-state index contributed by atoms with van der Waals surface area (Å²) < 4.78 is 21.7. The van der Waals surface area contributed by atoms with Gasteiger partial charge in [0.25, 0.3) is 0 Å². The van der Waals surface area contributed by atoms with Crippen LogP contribution in [0.4, 0.5) is 0 Å². The van der Waals surface area contributed by atoms with Crippen LogP contribution in [-0.4, -0.2) is 0 Å². The molecule has 0 N–H and O–H groups in total. The minimum absolute atomic E-state index is 0.0479. The van der Waals surface area contributed by atoms with Crippen LogP contribution in [0.25, 0.3) is 0 Å². The quantitative estimate of drug-likeness (QED) is 0.620. The second-order valence-electron chi connectivity index (χ2n) is 1.43. The highest BCUT2D eigenvalue weighted by molar-refractivity contribution is 14.1. The summed E-state index contributed by atoms with van der Waals surface area (Å²) >= 11 is 3.53. The molecule has 0 aromatic carbocycles. The number of thiophene rings is 1. The summed E-state index contributed by atoms with van der Waals surface area (Å²) in [5, 5.41) is 3.03. The van der Waals surface area contributed by atoms with E-state index >= 15 is 0 Å². The highest BCUT2D eigenvalue weighted by atomic mass is 127. The summed E-state index contributed by atoms with van der Waals surface area (Å²) in [5.41, 5.74) is 0. The molecule has 1 aromatic rings. The SMILES string of the molecule is O=Pc1csc(I)c1P=O. The van der Waals surface area contributed by atoms with E-state index in [1.54, 1.807) is 5.38 Å². The zero-order valence-electron chi connectivity index (χ0n) is 4.57. The second kappa shape index (κ2) is 3.86. The number of halogens is 1. The summed E-state index contributed by atoms with van der Waals surface area (Å²) in [6.45, 7) is 0. The van der Waals surface area contributed by atoms with Gasteiger partial charge < -0.3 is 0 Å². The van der Waals surface area contributed by atoms with Gasteiger partial charge in [-0.15, -0.1) is 11.3 Å². The summed E-state index contributed by atoms with van der Waals surface area (Å²) in [6, 6.07) is 0. The maximum Gasteiger partial charge on any atom is 0.195 e. The molecule has 0 saturated carbocycles. The molecule has 2 nitrogen and oxygen atoms in total. The van der Waals surface area contributed by atoms with Crippen LogP contribution in [-0.2, 0) is 9.13 Å². The van der Waals surface area contributed by atoms with E-state index < -0.39 is 0 Å². The fourth-order valence-corrected chi connectivity index (χ4v) is 3.64. The molecule has 0 aliphatic carbocycles. The zero-order chi connectivity index (χ0) is 7.56. The Morgan fingerprint density at radius 3 is 2.50 bits per heavy atom. The predicted octanol–water partition coefficient (Wildman–Crippen LogP) is 2.19. The molecule has 0 aliphatic heterocycles. The first-order valence-corrected chi connectivity index (χ1v) is 5.81. The first-order chi connectivity index (χ1) is 4.79. The van der Waals surface area contributed by atoms with Crippen LogP contribution in [0.3, 0.4) is 0 Å².